The first-order valence-corrected chi connectivity index (χ1v) is 4.74. The lowest BCUT2D eigenvalue weighted by Gasteiger charge is -1.90. The minimum atomic E-state index is 0.593. The van der Waals surface area contributed by atoms with Crippen LogP contribution in [0.4, 0.5) is 5.00 Å². The number of aliphatic imine (C=N–C) groups is 1. The molecule has 0 aliphatic rings. The monoisotopic (exact) mass is 194 g/mol. The second-order valence-electron chi connectivity index (χ2n) is 2.38. The Morgan fingerprint density at radius 1 is 1.77 bits per heavy atom. The first kappa shape index (κ1) is 9.75. The molecule has 0 fully saturated rings. The summed E-state index contributed by atoms with van der Waals surface area (Å²) in [4.78, 5) is 5.12. The van der Waals surface area contributed by atoms with E-state index in [1.807, 2.05) is 19.9 Å². The van der Waals surface area contributed by atoms with Gasteiger partial charge in [-0.15, -0.1) is 11.3 Å². The van der Waals surface area contributed by atoms with Crippen molar-refractivity contribution in [3.05, 3.63) is 16.5 Å². The number of rotatable bonds is 3. The normalized spacial score (nSPS) is 10.2. The molecule has 68 valence electrons. The molecule has 0 spiro atoms. The lowest BCUT2D eigenvalue weighted by Crippen LogP contribution is -1.83. The van der Waals surface area contributed by atoms with E-state index in [1.165, 1.54) is 17.7 Å². The first-order valence-electron chi connectivity index (χ1n) is 3.92. The van der Waals surface area contributed by atoms with Crippen molar-refractivity contribution < 1.29 is 4.74 Å². The SMILES string of the molecule is CCO/C=N/c1sc(C)cc1C#N. The van der Waals surface area contributed by atoms with Crippen molar-refractivity contribution in [1.82, 2.24) is 0 Å². The van der Waals surface area contributed by atoms with E-state index in [0.717, 1.165) is 4.88 Å². The Kier molecular flexibility index (Phi) is 3.47. The zero-order valence-electron chi connectivity index (χ0n) is 7.57. The molecule has 0 N–H and O–H groups in total. The van der Waals surface area contributed by atoms with Crippen molar-refractivity contribution in [2.24, 2.45) is 4.99 Å². The average molecular weight is 194 g/mol. The molecule has 1 aromatic rings. The predicted molar refractivity (Wildman–Crippen MR) is 53.5 cm³/mol. The zero-order chi connectivity index (χ0) is 9.68. The lowest BCUT2D eigenvalue weighted by atomic mass is 10.3. The van der Waals surface area contributed by atoms with Gasteiger partial charge in [-0.25, -0.2) is 4.99 Å². The Labute approximate surface area is 81.3 Å². The molecular formula is C9H10N2OS. The summed E-state index contributed by atoms with van der Waals surface area (Å²) in [6.07, 6.45) is 1.38. The summed E-state index contributed by atoms with van der Waals surface area (Å²) in [6, 6.07) is 3.91. The van der Waals surface area contributed by atoms with E-state index in [0.29, 0.717) is 17.2 Å². The number of thiophene rings is 1. The van der Waals surface area contributed by atoms with E-state index in [4.69, 9.17) is 10.00 Å². The van der Waals surface area contributed by atoms with Gasteiger partial charge in [0.2, 0.25) is 0 Å². The highest BCUT2D eigenvalue weighted by atomic mass is 32.1. The molecule has 1 aromatic heterocycles. The van der Waals surface area contributed by atoms with Crippen LogP contribution in [0.2, 0.25) is 0 Å². The van der Waals surface area contributed by atoms with Crippen LogP contribution in [-0.2, 0) is 4.74 Å². The molecule has 4 heteroatoms. The Morgan fingerprint density at radius 3 is 3.15 bits per heavy atom. The van der Waals surface area contributed by atoms with E-state index in [9.17, 15) is 0 Å². The molecule has 0 saturated carbocycles. The smallest absolute Gasteiger partial charge is 0.175 e. The Morgan fingerprint density at radius 2 is 2.54 bits per heavy atom. The van der Waals surface area contributed by atoms with Gasteiger partial charge in [0, 0.05) is 4.88 Å². The van der Waals surface area contributed by atoms with Gasteiger partial charge in [0.05, 0.1) is 12.2 Å². The molecular weight excluding hydrogens is 184 g/mol. The summed E-state index contributed by atoms with van der Waals surface area (Å²) < 4.78 is 4.95. The fraction of sp³-hybridized carbons (Fsp3) is 0.333. The highest BCUT2D eigenvalue weighted by Crippen LogP contribution is 2.29. The van der Waals surface area contributed by atoms with Crippen molar-refractivity contribution >= 4 is 22.7 Å². The summed E-state index contributed by atoms with van der Waals surface area (Å²) in [5.41, 5.74) is 0.610. The molecule has 0 radical (unpaired) electrons. The quantitative estimate of drug-likeness (QED) is 0.548. The average Bonchev–Trinajstić information content (AvgIpc) is 2.47. The molecule has 0 unspecified atom stereocenters. The van der Waals surface area contributed by atoms with Gasteiger partial charge in [0.25, 0.3) is 0 Å². The Balaban J connectivity index is 2.82. The highest BCUT2D eigenvalue weighted by molar-refractivity contribution is 7.16. The van der Waals surface area contributed by atoms with Crippen molar-refractivity contribution in [2.75, 3.05) is 6.61 Å². The van der Waals surface area contributed by atoms with Gasteiger partial charge in [-0.2, -0.15) is 5.26 Å². The number of hydrogen-bond donors (Lipinski definition) is 0. The summed E-state index contributed by atoms with van der Waals surface area (Å²) in [7, 11) is 0. The van der Waals surface area contributed by atoms with Gasteiger partial charge in [0.1, 0.15) is 11.1 Å². The van der Waals surface area contributed by atoms with Crippen molar-refractivity contribution in [3.63, 3.8) is 0 Å². The minimum absolute atomic E-state index is 0.593. The fourth-order valence-electron chi connectivity index (χ4n) is 0.838. The van der Waals surface area contributed by atoms with Gasteiger partial charge in [-0.05, 0) is 19.9 Å². The number of nitriles is 1. The zero-order valence-corrected chi connectivity index (χ0v) is 8.39. The van der Waals surface area contributed by atoms with Crippen LogP contribution in [0.25, 0.3) is 0 Å². The van der Waals surface area contributed by atoms with Crippen LogP contribution in [0.3, 0.4) is 0 Å². The Hall–Kier alpha value is -1.34. The molecule has 0 aliphatic heterocycles. The lowest BCUT2D eigenvalue weighted by molar-refractivity contribution is 0.344. The molecule has 0 bridgehead atoms. The summed E-state index contributed by atoms with van der Waals surface area (Å²) in [5, 5.41) is 9.45. The van der Waals surface area contributed by atoms with Crippen LogP contribution in [0.5, 0.6) is 0 Å². The second kappa shape index (κ2) is 4.63. The molecule has 1 rings (SSSR count). The molecule has 1 heterocycles. The van der Waals surface area contributed by atoms with Crippen molar-refractivity contribution in [1.29, 1.82) is 5.26 Å². The van der Waals surface area contributed by atoms with Crippen LogP contribution in [0, 0.1) is 18.3 Å². The van der Waals surface area contributed by atoms with E-state index in [-0.39, 0.29) is 0 Å². The maximum Gasteiger partial charge on any atom is 0.175 e. The standard InChI is InChI=1S/C9H10N2OS/c1-3-12-6-11-9-8(5-10)4-7(2)13-9/h4,6H,3H2,1-2H3/b11-6+. The summed E-state index contributed by atoms with van der Waals surface area (Å²) >= 11 is 1.49. The molecule has 0 saturated heterocycles. The van der Waals surface area contributed by atoms with Crippen LogP contribution in [0.1, 0.15) is 17.4 Å². The Bertz CT molecular complexity index is 349. The maximum absolute atomic E-state index is 8.73. The van der Waals surface area contributed by atoms with Crippen molar-refractivity contribution in [2.45, 2.75) is 13.8 Å². The molecule has 3 nitrogen and oxygen atoms in total. The van der Waals surface area contributed by atoms with Gasteiger partial charge >= 0.3 is 0 Å². The van der Waals surface area contributed by atoms with Crippen LogP contribution in [-0.4, -0.2) is 13.0 Å². The predicted octanol–water partition coefficient (Wildman–Crippen LogP) is 2.62. The topological polar surface area (TPSA) is 45.4 Å². The maximum atomic E-state index is 8.73. The van der Waals surface area contributed by atoms with E-state index < -0.39 is 0 Å². The largest absolute Gasteiger partial charge is 0.483 e. The van der Waals surface area contributed by atoms with Crippen molar-refractivity contribution in [3.8, 4) is 6.07 Å². The van der Waals surface area contributed by atoms with Gasteiger partial charge in [0.15, 0.2) is 6.40 Å². The second-order valence-corrected chi connectivity index (χ2v) is 3.61. The third-order valence-electron chi connectivity index (χ3n) is 1.37. The minimum Gasteiger partial charge on any atom is -0.483 e. The third-order valence-corrected chi connectivity index (χ3v) is 2.33. The van der Waals surface area contributed by atoms with Crippen LogP contribution >= 0.6 is 11.3 Å². The summed E-state index contributed by atoms with van der Waals surface area (Å²) in [6.45, 7) is 4.43. The fourth-order valence-corrected chi connectivity index (χ4v) is 1.63. The summed E-state index contributed by atoms with van der Waals surface area (Å²) in [5.74, 6) is 0. The number of hydrogen-bond acceptors (Lipinski definition) is 4. The van der Waals surface area contributed by atoms with E-state index in [2.05, 4.69) is 11.1 Å². The van der Waals surface area contributed by atoms with Crippen LogP contribution < -0.4 is 0 Å². The van der Waals surface area contributed by atoms with Gasteiger partial charge < -0.3 is 4.74 Å². The van der Waals surface area contributed by atoms with E-state index >= 15 is 0 Å². The number of ether oxygens (including phenoxy) is 1. The third kappa shape index (κ3) is 2.56. The van der Waals surface area contributed by atoms with Crippen LogP contribution in [0.15, 0.2) is 11.1 Å². The van der Waals surface area contributed by atoms with Gasteiger partial charge in [-0.3, -0.25) is 0 Å². The molecule has 13 heavy (non-hydrogen) atoms. The number of aryl methyl sites for hydroxylation is 1. The van der Waals surface area contributed by atoms with Gasteiger partial charge in [-0.1, -0.05) is 0 Å². The highest BCUT2D eigenvalue weighted by Gasteiger charge is 2.03. The number of nitrogens with zero attached hydrogens (tertiary/aromatic N) is 2. The molecule has 0 amide bonds. The van der Waals surface area contributed by atoms with E-state index in [1.54, 1.807) is 0 Å². The molecule has 0 aliphatic carbocycles. The first-order chi connectivity index (χ1) is 6.27. The molecule has 0 aromatic carbocycles. The molecule has 0 atom stereocenters.